The van der Waals surface area contributed by atoms with E-state index in [1.165, 1.54) is 10.5 Å². The van der Waals surface area contributed by atoms with Gasteiger partial charge in [0.15, 0.2) is 0 Å². The van der Waals surface area contributed by atoms with E-state index < -0.39 is 0 Å². The van der Waals surface area contributed by atoms with E-state index in [0.717, 1.165) is 23.1 Å². The molecule has 5 heteroatoms. The Morgan fingerprint density at radius 2 is 1.53 bits per heavy atom. The van der Waals surface area contributed by atoms with Crippen LogP contribution in [0.4, 0.5) is 5.69 Å². The van der Waals surface area contributed by atoms with E-state index >= 15 is 0 Å². The van der Waals surface area contributed by atoms with E-state index in [2.05, 4.69) is 18.8 Å². The highest BCUT2D eigenvalue weighted by Gasteiger charge is 2.42. The molecule has 2 heterocycles. The lowest BCUT2D eigenvalue weighted by atomic mass is 10.0. The van der Waals surface area contributed by atoms with Crippen molar-refractivity contribution in [3.63, 3.8) is 0 Å². The first-order valence-corrected chi connectivity index (χ1v) is 11.8. The Hall–Kier alpha value is -3.73. The first kappa shape index (κ1) is 23.4. The van der Waals surface area contributed by atoms with Crippen molar-refractivity contribution in [1.29, 1.82) is 0 Å². The van der Waals surface area contributed by atoms with Crippen molar-refractivity contribution in [2.45, 2.75) is 40.0 Å². The Bertz CT molecular complexity index is 1200. The molecule has 34 heavy (non-hydrogen) atoms. The van der Waals surface area contributed by atoms with Gasteiger partial charge in [0.2, 0.25) is 0 Å². The molecule has 0 aliphatic carbocycles. The van der Waals surface area contributed by atoms with E-state index in [1.54, 1.807) is 12.4 Å². The zero-order valence-electron chi connectivity index (χ0n) is 20.3. The summed E-state index contributed by atoms with van der Waals surface area (Å²) >= 11 is 0. The molecule has 174 valence electrons. The van der Waals surface area contributed by atoms with Crippen molar-refractivity contribution >= 4 is 23.1 Å². The lowest BCUT2D eigenvalue weighted by Crippen LogP contribution is -2.36. The zero-order valence-corrected chi connectivity index (χ0v) is 20.3. The summed E-state index contributed by atoms with van der Waals surface area (Å²) in [4.78, 5) is 35.0. The number of anilines is 1. The highest BCUT2D eigenvalue weighted by molar-refractivity contribution is 6.45. The molecule has 2 aromatic carbocycles. The van der Waals surface area contributed by atoms with Gasteiger partial charge in [0.25, 0.3) is 11.8 Å². The molecule has 0 fully saturated rings. The van der Waals surface area contributed by atoms with Crippen LogP contribution in [0.3, 0.4) is 0 Å². The molecule has 0 N–H and O–H groups in total. The second kappa shape index (κ2) is 10.0. The Morgan fingerprint density at radius 3 is 2.12 bits per heavy atom. The summed E-state index contributed by atoms with van der Waals surface area (Å²) in [6, 6.07) is 19.5. The predicted octanol–water partition coefficient (Wildman–Crippen LogP) is 5.36. The van der Waals surface area contributed by atoms with E-state index in [4.69, 9.17) is 0 Å². The number of amides is 2. The number of carbonyl (C=O) groups is 2. The van der Waals surface area contributed by atoms with Crippen LogP contribution < -0.4 is 4.90 Å². The third-order valence-corrected chi connectivity index (χ3v) is 6.34. The van der Waals surface area contributed by atoms with Crippen molar-refractivity contribution in [2.24, 2.45) is 0 Å². The Labute approximate surface area is 201 Å². The van der Waals surface area contributed by atoms with Gasteiger partial charge in [-0.1, -0.05) is 55.8 Å². The molecular formula is C29H31N3O2. The number of rotatable bonds is 8. The van der Waals surface area contributed by atoms with E-state index in [9.17, 15) is 9.59 Å². The number of nitrogens with zero attached hydrogens (tertiary/aromatic N) is 3. The molecule has 4 rings (SSSR count). The molecule has 0 bridgehead atoms. The van der Waals surface area contributed by atoms with E-state index in [1.807, 2.05) is 79.4 Å². The van der Waals surface area contributed by atoms with Gasteiger partial charge in [-0.05, 0) is 67.1 Å². The summed E-state index contributed by atoms with van der Waals surface area (Å²) in [5.41, 5.74) is 5.72. The maximum atomic E-state index is 13.8. The monoisotopic (exact) mass is 453 g/mol. The Balaban J connectivity index is 1.73. The van der Waals surface area contributed by atoms with Gasteiger partial charge in [-0.3, -0.25) is 14.6 Å². The maximum absolute atomic E-state index is 13.8. The minimum Gasteiger partial charge on any atom is -0.366 e. The zero-order chi connectivity index (χ0) is 24.2. The van der Waals surface area contributed by atoms with Gasteiger partial charge in [0, 0.05) is 25.5 Å². The minimum atomic E-state index is -0.275. The molecule has 0 spiro atoms. The second-order valence-electron chi connectivity index (χ2n) is 8.97. The van der Waals surface area contributed by atoms with Crippen molar-refractivity contribution in [3.8, 4) is 0 Å². The fraction of sp³-hybridized carbons (Fsp3) is 0.276. The number of likely N-dealkylation sites (N-methyl/N-ethyl adjacent to an activating group) is 1. The summed E-state index contributed by atoms with van der Waals surface area (Å²) in [5, 5.41) is 0. The number of pyridine rings is 1. The van der Waals surface area contributed by atoms with Gasteiger partial charge in [-0.15, -0.1) is 0 Å². The van der Waals surface area contributed by atoms with Gasteiger partial charge in [0.05, 0.1) is 11.3 Å². The van der Waals surface area contributed by atoms with Crippen LogP contribution in [0.1, 0.15) is 48.9 Å². The van der Waals surface area contributed by atoms with Gasteiger partial charge < -0.3 is 4.90 Å². The number of hydrogen-bond donors (Lipinski definition) is 0. The number of imide groups is 1. The minimum absolute atomic E-state index is 0.269. The number of carbonyl (C=O) groups excluding carboxylic acids is 2. The first-order chi connectivity index (χ1) is 16.4. The normalized spacial score (nSPS) is 13.9. The Morgan fingerprint density at radius 1 is 0.882 bits per heavy atom. The molecular weight excluding hydrogens is 422 g/mol. The van der Waals surface area contributed by atoms with Crippen molar-refractivity contribution in [3.05, 3.63) is 101 Å². The molecule has 0 saturated carbocycles. The second-order valence-corrected chi connectivity index (χ2v) is 8.97. The van der Waals surface area contributed by atoms with E-state index in [0.29, 0.717) is 36.0 Å². The molecule has 0 atom stereocenters. The Kier molecular flexibility index (Phi) is 6.92. The summed E-state index contributed by atoms with van der Waals surface area (Å²) in [6.07, 6.45) is 4.30. The molecule has 0 unspecified atom stereocenters. The third kappa shape index (κ3) is 4.65. The smallest absolute Gasteiger partial charge is 0.282 e. The van der Waals surface area contributed by atoms with Gasteiger partial charge in [-0.2, -0.15) is 0 Å². The largest absolute Gasteiger partial charge is 0.366 e. The van der Waals surface area contributed by atoms with Gasteiger partial charge in [-0.25, -0.2) is 4.90 Å². The molecule has 1 aliphatic heterocycles. The maximum Gasteiger partial charge on any atom is 0.282 e. The average molecular weight is 454 g/mol. The number of aromatic nitrogens is 1. The molecule has 0 saturated heterocycles. The standard InChI is InChI=1S/C29H31N3O2/c1-5-31(19-16-22-14-17-30-18-15-22)27-26(24-8-6-21(4)7-9-24)28(33)32(29(27)34)25-12-10-23(11-13-25)20(2)3/h6-15,17-18,20H,5,16,19H2,1-4H3. The SMILES string of the molecule is CCN(CCc1ccncc1)C1=C(c2ccc(C)cc2)C(=O)N(c2ccc(C(C)C)cc2)C1=O. The quantitative estimate of drug-likeness (QED) is 0.431. The lowest BCUT2D eigenvalue weighted by Gasteiger charge is -2.25. The number of aryl methyl sites for hydroxylation is 1. The van der Waals surface area contributed by atoms with E-state index in [-0.39, 0.29) is 11.8 Å². The first-order valence-electron chi connectivity index (χ1n) is 11.8. The fourth-order valence-electron chi connectivity index (χ4n) is 4.28. The van der Waals surface area contributed by atoms with Crippen LogP contribution in [0.2, 0.25) is 0 Å². The van der Waals surface area contributed by atoms with Gasteiger partial charge in [0.1, 0.15) is 5.70 Å². The van der Waals surface area contributed by atoms with Crippen LogP contribution in [-0.2, 0) is 16.0 Å². The van der Waals surface area contributed by atoms with Gasteiger partial charge >= 0.3 is 0 Å². The van der Waals surface area contributed by atoms with Crippen LogP contribution in [0.25, 0.3) is 5.57 Å². The van der Waals surface area contributed by atoms with Crippen molar-refractivity contribution in [2.75, 3.05) is 18.0 Å². The molecule has 1 aromatic heterocycles. The summed E-state index contributed by atoms with van der Waals surface area (Å²) < 4.78 is 0. The van der Waals surface area contributed by atoms with Crippen LogP contribution >= 0.6 is 0 Å². The molecule has 5 nitrogen and oxygen atoms in total. The summed E-state index contributed by atoms with van der Waals surface area (Å²) in [7, 11) is 0. The highest BCUT2D eigenvalue weighted by Crippen LogP contribution is 2.35. The highest BCUT2D eigenvalue weighted by atomic mass is 16.2. The fourth-order valence-corrected chi connectivity index (χ4v) is 4.28. The van der Waals surface area contributed by atoms with Crippen molar-refractivity contribution in [1.82, 2.24) is 9.88 Å². The number of hydrogen-bond acceptors (Lipinski definition) is 4. The molecule has 1 aliphatic rings. The lowest BCUT2D eigenvalue weighted by molar-refractivity contribution is -0.120. The van der Waals surface area contributed by atoms with Crippen molar-refractivity contribution < 1.29 is 9.59 Å². The van der Waals surface area contributed by atoms with Crippen LogP contribution in [0.5, 0.6) is 0 Å². The summed E-state index contributed by atoms with van der Waals surface area (Å²) in [5.74, 6) is -0.169. The number of benzene rings is 2. The average Bonchev–Trinajstić information content (AvgIpc) is 3.10. The molecule has 3 aromatic rings. The van der Waals surface area contributed by atoms with Crippen LogP contribution in [-0.4, -0.2) is 34.8 Å². The molecule has 2 amide bonds. The topological polar surface area (TPSA) is 53.5 Å². The predicted molar refractivity (Wildman–Crippen MR) is 136 cm³/mol. The van der Waals surface area contributed by atoms with Crippen LogP contribution in [0.15, 0.2) is 78.8 Å². The summed E-state index contributed by atoms with van der Waals surface area (Å²) in [6.45, 7) is 9.52. The van der Waals surface area contributed by atoms with Crippen LogP contribution in [0, 0.1) is 6.92 Å². The molecule has 0 radical (unpaired) electrons. The third-order valence-electron chi connectivity index (χ3n) is 6.34.